The van der Waals surface area contributed by atoms with Gasteiger partial charge in [-0.05, 0) is 25.1 Å². The van der Waals surface area contributed by atoms with E-state index in [0.717, 1.165) is 10.7 Å². The summed E-state index contributed by atoms with van der Waals surface area (Å²) in [5, 5.41) is 3.45. The molecule has 0 atom stereocenters. The molecule has 1 heterocycles. The van der Waals surface area contributed by atoms with Crippen LogP contribution >= 0.6 is 22.9 Å². The van der Waals surface area contributed by atoms with Crippen molar-refractivity contribution in [1.82, 2.24) is 4.98 Å². The molecular weight excluding hydrogens is 244 g/mol. The molecule has 16 heavy (non-hydrogen) atoms. The molecule has 2 N–H and O–H groups in total. The summed E-state index contributed by atoms with van der Waals surface area (Å²) in [5.74, 6) is 0.628. The lowest BCUT2D eigenvalue weighted by atomic mass is 10.3. The number of nitrogens with two attached hydrogens (primary N) is 1. The Bertz CT molecular complexity index is 498. The minimum absolute atomic E-state index is 0.433. The standard InChI is InChI=1S/C11H11ClN2OS/c1-7-6-16-11(14-7)5-15-10-3-2-8(13)4-9(10)12/h2-4,6H,5,13H2,1H3. The van der Waals surface area contributed by atoms with Gasteiger partial charge in [-0.15, -0.1) is 11.3 Å². The third-order valence-electron chi connectivity index (χ3n) is 1.97. The second kappa shape index (κ2) is 4.72. The lowest BCUT2D eigenvalue weighted by Gasteiger charge is -2.06. The van der Waals surface area contributed by atoms with E-state index in [1.807, 2.05) is 12.3 Å². The zero-order valence-corrected chi connectivity index (χ0v) is 10.3. The highest BCUT2D eigenvalue weighted by Crippen LogP contribution is 2.27. The van der Waals surface area contributed by atoms with E-state index in [4.69, 9.17) is 22.1 Å². The van der Waals surface area contributed by atoms with Crippen molar-refractivity contribution in [2.24, 2.45) is 0 Å². The molecule has 0 amide bonds. The number of hydrogen-bond acceptors (Lipinski definition) is 4. The van der Waals surface area contributed by atoms with Gasteiger partial charge in [0, 0.05) is 16.8 Å². The molecule has 84 valence electrons. The van der Waals surface area contributed by atoms with E-state index >= 15 is 0 Å². The topological polar surface area (TPSA) is 48.1 Å². The molecule has 1 aromatic heterocycles. The minimum atomic E-state index is 0.433. The number of nitrogens with zero attached hydrogens (tertiary/aromatic N) is 1. The maximum atomic E-state index is 5.98. The van der Waals surface area contributed by atoms with Crippen LogP contribution in [0.4, 0.5) is 5.69 Å². The maximum absolute atomic E-state index is 5.98. The van der Waals surface area contributed by atoms with Crippen LogP contribution in [0, 0.1) is 6.92 Å². The Hall–Kier alpha value is -1.26. The molecule has 0 unspecified atom stereocenters. The van der Waals surface area contributed by atoms with Crippen LogP contribution < -0.4 is 10.5 Å². The number of benzene rings is 1. The number of hydrogen-bond donors (Lipinski definition) is 1. The molecule has 0 radical (unpaired) electrons. The Morgan fingerprint density at radius 3 is 2.94 bits per heavy atom. The molecule has 1 aromatic carbocycles. The number of anilines is 1. The third kappa shape index (κ3) is 2.65. The Morgan fingerprint density at radius 1 is 1.50 bits per heavy atom. The summed E-state index contributed by atoms with van der Waals surface area (Å²) in [4.78, 5) is 4.30. The number of halogens is 1. The molecule has 0 bridgehead atoms. The molecule has 2 rings (SSSR count). The molecular formula is C11H11ClN2OS. The fraction of sp³-hybridized carbons (Fsp3) is 0.182. The summed E-state index contributed by atoms with van der Waals surface area (Å²) in [5.41, 5.74) is 7.22. The largest absolute Gasteiger partial charge is 0.485 e. The Kier molecular flexibility index (Phi) is 3.31. The first-order chi connectivity index (χ1) is 7.65. The first kappa shape index (κ1) is 11.2. The van der Waals surface area contributed by atoms with Crippen molar-refractivity contribution in [3.05, 3.63) is 39.3 Å². The molecule has 5 heteroatoms. The summed E-state index contributed by atoms with van der Waals surface area (Å²) in [6.45, 7) is 2.39. The van der Waals surface area contributed by atoms with Crippen LogP contribution in [-0.4, -0.2) is 4.98 Å². The summed E-state index contributed by atoms with van der Waals surface area (Å²) < 4.78 is 5.55. The lowest BCUT2D eigenvalue weighted by molar-refractivity contribution is 0.305. The molecule has 0 aliphatic heterocycles. The van der Waals surface area contributed by atoms with Crippen LogP contribution in [-0.2, 0) is 6.61 Å². The van der Waals surface area contributed by atoms with E-state index in [1.54, 1.807) is 29.5 Å². The van der Waals surface area contributed by atoms with Crippen molar-refractivity contribution in [2.45, 2.75) is 13.5 Å². The molecule has 2 aromatic rings. The number of ether oxygens (including phenoxy) is 1. The molecule has 0 spiro atoms. The molecule has 0 saturated heterocycles. The highest BCUT2D eigenvalue weighted by molar-refractivity contribution is 7.09. The van der Waals surface area contributed by atoms with Gasteiger partial charge in [0.15, 0.2) is 0 Å². The van der Waals surface area contributed by atoms with Crippen molar-refractivity contribution < 1.29 is 4.74 Å². The van der Waals surface area contributed by atoms with Crippen molar-refractivity contribution in [1.29, 1.82) is 0 Å². The van der Waals surface area contributed by atoms with Crippen LogP contribution in [0.15, 0.2) is 23.6 Å². The summed E-state index contributed by atoms with van der Waals surface area (Å²) in [7, 11) is 0. The lowest BCUT2D eigenvalue weighted by Crippen LogP contribution is -1.96. The average Bonchev–Trinajstić information content (AvgIpc) is 2.63. The summed E-state index contributed by atoms with van der Waals surface area (Å²) in [6, 6.07) is 5.19. The van der Waals surface area contributed by atoms with Gasteiger partial charge in [0.25, 0.3) is 0 Å². The zero-order valence-electron chi connectivity index (χ0n) is 8.74. The fourth-order valence-electron chi connectivity index (χ4n) is 1.24. The number of nitrogen functional groups attached to an aromatic ring is 1. The van der Waals surface area contributed by atoms with E-state index in [2.05, 4.69) is 4.98 Å². The number of rotatable bonds is 3. The normalized spacial score (nSPS) is 10.4. The van der Waals surface area contributed by atoms with E-state index < -0.39 is 0 Å². The smallest absolute Gasteiger partial charge is 0.140 e. The van der Waals surface area contributed by atoms with Crippen LogP contribution in [0.25, 0.3) is 0 Å². The van der Waals surface area contributed by atoms with E-state index in [9.17, 15) is 0 Å². The first-order valence-electron chi connectivity index (χ1n) is 4.74. The number of aryl methyl sites for hydroxylation is 1. The quantitative estimate of drug-likeness (QED) is 0.856. The average molecular weight is 255 g/mol. The predicted molar refractivity (Wildman–Crippen MR) is 67.0 cm³/mol. The zero-order chi connectivity index (χ0) is 11.5. The second-order valence-electron chi connectivity index (χ2n) is 3.36. The first-order valence-corrected chi connectivity index (χ1v) is 6.00. The van der Waals surface area contributed by atoms with Gasteiger partial charge in [-0.25, -0.2) is 4.98 Å². The monoisotopic (exact) mass is 254 g/mol. The predicted octanol–water partition coefficient (Wildman–Crippen LogP) is 3.27. The van der Waals surface area contributed by atoms with Gasteiger partial charge in [-0.3, -0.25) is 0 Å². The highest BCUT2D eigenvalue weighted by Gasteiger charge is 2.04. The van der Waals surface area contributed by atoms with Crippen LogP contribution in [0.5, 0.6) is 5.75 Å². The van der Waals surface area contributed by atoms with Crippen LogP contribution in [0.1, 0.15) is 10.7 Å². The van der Waals surface area contributed by atoms with E-state index in [0.29, 0.717) is 23.1 Å². The summed E-state index contributed by atoms with van der Waals surface area (Å²) in [6.07, 6.45) is 0. The molecule has 0 fully saturated rings. The molecule has 0 aliphatic carbocycles. The maximum Gasteiger partial charge on any atom is 0.140 e. The third-order valence-corrected chi connectivity index (χ3v) is 3.21. The Balaban J connectivity index is 2.04. The van der Waals surface area contributed by atoms with Crippen molar-refractivity contribution in [2.75, 3.05) is 5.73 Å². The van der Waals surface area contributed by atoms with E-state index in [-0.39, 0.29) is 0 Å². The Labute approximate surface area is 103 Å². The van der Waals surface area contributed by atoms with Gasteiger partial charge in [0.05, 0.1) is 5.02 Å². The molecule has 3 nitrogen and oxygen atoms in total. The Morgan fingerprint density at radius 2 is 2.31 bits per heavy atom. The number of aromatic nitrogens is 1. The van der Waals surface area contributed by atoms with Crippen LogP contribution in [0.2, 0.25) is 5.02 Å². The van der Waals surface area contributed by atoms with Crippen LogP contribution in [0.3, 0.4) is 0 Å². The minimum Gasteiger partial charge on any atom is -0.485 e. The van der Waals surface area contributed by atoms with Gasteiger partial charge in [0.1, 0.15) is 17.4 Å². The van der Waals surface area contributed by atoms with Crippen molar-refractivity contribution in [3.63, 3.8) is 0 Å². The molecule has 0 saturated carbocycles. The van der Waals surface area contributed by atoms with Crippen molar-refractivity contribution >= 4 is 28.6 Å². The van der Waals surface area contributed by atoms with Crippen molar-refractivity contribution in [3.8, 4) is 5.75 Å². The number of thiazole rings is 1. The van der Waals surface area contributed by atoms with Gasteiger partial charge in [-0.1, -0.05) is 11.6 Å². The van der Waals surface area contributed by atoms with Gasteiger partial charge in [0.2, 0.25) is 0 Å². The summed E-state index contributed by atoms with van der Waals surface area (Å²) >= 11 is 7.55. The SMILES string of the molecule is Cc1csc(COc2ccc(N)cc2Cl)n1. The van der Waals surface area contributed by atoms with Gasteiger partial charge in [-0.2, -0.15) is 0 Å². The fourth-order valence-corrected chi connectivity index (χ4v) is 2.17. The van der Waals surface area contributed by atoms with E-state index in [1.165, 1.54) is 0 Å². The van der Waals surface area contributed by atoms with Gasteiger partial charge < -0.3 is 10.5 Å². The van der Waals surface area contributed by atoms with Gasteiger partial charge >= 0.3 is 0 Å². The second-order valence-corrected chi connectivity index (χ2v) is 4.71. The highest BCUT2D eigenvalue weighted by atomic mass is 35.5. The molecule has 0 aliphatic rings.